The molecule has 4 nitrogen and oxygen atoms in total. The van der Waals surface area contributed by atoms with Gasteiger partial charge in [-0.25, -0.2) is 4.98 Å². The average Bonchev–Trinajstić information content (AvgIpc) is 3.08. The summed E-state index contributed by atoms with van der Waals surface area (Å²) in [5.41, 5.74) is 1.85. The van der Waals surface area contributed by atoms with Crippen LogP contribution in [0, 0.1) is 0 Å². The van der Waals surface area contributed by atoms with E-state index in [2.05, 4.69) is 4.98 Å². The standard InChI is InChI=1S/C20H15Cl2NO3S/c21-17-7-3-1-5-14(17)16(20(25)26)10-13(24)9-12-11-27-19(23-12)15-6-2-4-8-18(15)22/h1-8,11,16H,9-10H2,(H,25,26). The third kappa shape index (κ3) is 4.75. The maximum absolute atomic E-state index is 12.5. The van der Waals surface area contributed by atoms with Gasteiger partial charge in [0.05, 0.1) is 16.6 Å². The molecule has 0 fully saturated rings. The quantitative estimate of drug-likeness (QED) is 0.549. The number of ketones is 1. The number of aliphatic carboxylic acids is 1. The van der Waals surface area contributed by atoms with Crippen LogP contribution in [0.15, 0.2) is 53.9 Å². The summed E-state index contributed by atoms with van der Waals surface area (Å²) >= 11 is 13.7. The number of carbonyl (C=O) groups is 2. The van der Waals surface area contributed by atoms with Crippen LogP contribution in [0.4, 0.5) is 0 Å². The van der Waals surface area contributed by atoms with Crippen molar-refractivity contribution in [3.8, 4) is 10.6 Å². The van der Waals surface area contributed by atoms with Crippen LogP contribution in [0.25, 0.3) is 10.6 Å². The summed E-state index contributed by atoms with van der Waals surface area (Å²) in [5, 5.41) is 13.0. The Labute approximate surface area is 170 Å². The number of carboxylic acid groups (broad SMARTS) is 1. The van der Waals surface area contributed by atoms with E-state index in [1.165, 1.54) is 11.3 Å². The number of carbonyl (C=O) groups excluding carboxylic acids is 1. The van der Waals surface area contributed by atoms with Gasteiger partial charge >= 0.3 is 5.97 Å². The number of hydrogen-bond donors (Lipinski definition) is 1. The molecule has 27 heavy (non-hydrogen) atoms. The molecular weight excluding hydrogens is 405 g/mol. The van der Waals surface area contributed by atoms with Crippen LogP contribution in [-0.2, 0) is 16.0 Å². The second-order valence-corrected chi connectivity index (χ2v) is 7.63. The summed E-state index contributed by atoms with van der Waals surface area (Å²) in [6, 6.07) is 14.0. The highest BCUT2D eigenvalue weighted by atomic mass is 35.5. The van der Waals surface area contributed by atoms with E-state index < -0.39 is 11.9 Å². The number of rotatable bonds is 7. The van der Waals surface area contributed by atoms with Gasteiger partial charge in [-0.15, -0.1) is 11.3 Å². The highest BCUT2D eigenvalue weighted by Gasteiger charge is 2.25. The van der Waals surface area contributed by atoms with Crippen molar-refractivity contribution in [2.24, 2.45) is 0 Å². The minimum absolute atomic E-state index is 0.0647. The molecule has 0 radical (unpaired) electrons. The van der Waals surface area contributed by atoms with E-state index in [0.717, 1.165) is 10.6 Å². The van der Waals surface area contributed by atoms with E-state index in [-0.39, 0.29) is 18.6 Å². The van der Waals surface area contributed by atoms with Crippen molar-refractivity contribution in [2.45, 2.75) is 18.8 Å². The Kier molecular flexibility index (Phi) is 6.26. The number of thiazole rings is 1. The van der Waals surface area contributed by atoms with Gasteiger partial charge in [0.15, 0.2) is 0 Å². The Balaban J connectivity index is 1.73. The Hall–Kier alpha value is -2.21. The van der Waals surface area contributed by atoms with Gasteiger partial charge in [-0.2, -0.15) is 0 Å². The fourth-order valence-electron chi connectivity index (χ4n) is 2.74. The van der Waals surface area contributed by atoms with Crippen molar-refractivity contribution in [1.82, 2.24) is 4.98 Å². The molecular formula is C20H15Cl2NO3S. The number of Topliss-reactive ketones (excluding diaryl/α,β-unsaturated/α-hetero) is 1. The lowest BCUT2D eigenvalue weighted by Crippen LogP contribution is -2.17. The number of aromatic nitrogens is 1. The largest absolute Gasteiger partial charge is 0.481 e. The summed E-state index contributed by atoms with van der Waals surface area (Å²) in [7, 11) is 0. The number of carboxylic acids is 1. The van der Waals surface area contributed by atoms with Gasteiger partial charge < -0.3 is 5.11 Å². The van der Waals surface area contributed by atoms with E-state index in [0.29, 0.717) is 21.3 Å². The van der Waals surface area contributed by atoms with Gasteiger partial charge in [0, 0.05) is 28.8 Å². The SMILES string of the molecule is O=C(Cc1csc(-c2ccccc2Cl)n1)CC(C(=O)O)c1ccccc1Cl. The lowest BCUT2D eigenvalue weighted by molar-refractivity contribution is -0.140. The normalized spacial score (nSPS) is 11.9. The third-order valence-electron chi connectivity index (χ3n) is 4.04. The van der Waals surface area contributed by atoms with E-state index in [1.807, 2.05) is 18.2 Å². The molecule has 138 valence electrons. The maximum Gasteiger partial charge on any atom is 0.311 e. The highest BCUT2D eigenvalue weighted by Crippen LogP contribution is 2.31. The van der Waals surface area contributed by atoms with Crippen molar-refractivity contribution in [3.05, 3.63) is 75.2 Å². The van der Waals surface area contributed by atoms with Gasteiger partial charge in [0.2, 0.25) is 0 Å². The summed E-state index contributed by atoms with van der Waals surface area (Å²) in [5.74, 6) is -2.27. The molecule has 0 spiro atoms. The number of nitrogens with zero attached hydrogens (tertiary/aromatic N) is 1. The van der Waals surface area contributed by atoms with Gasteiger partial charge in [-0.1, -0.05) is 59.6 Å². The molecule has 3 aromatic rings. The second-order valence-electron chi connectivity index (χ2n) is 5.96. The minimum atomic E-state index is -1.08. The Morgan fingerprint density at radius 3 is 2.37 bits per heavy atom. The molecule has 0 amide bonds. The lowest BCUT2D eigenvalue weighted by atomic mass is 9.92. The zero-order valence-electron chi connectivity index (χ0n) is 14.1. The summed E-state index contributed by atoms with van der Waals surface area (Å²) in [6.07, 6.45) is -0.0762. The Morgan fingerprint density at radius 1 is 1.04 bits per heavy atom. The molecule has 1 heterocycles. The molecule has 0 saturated heterocycles. The van der Waals surface area contributed by atoms with E-state index >= 15 is 0 Å². The lowest BCUT2D eigenvalue weighted by Gasteiger charge is -2.13. The zero-order chi connectivity index (χ0) is 19.4. The van der Waals surface area contributed by atoms with Crippen LogP contribution in [0.1, 0.15) is 23.6 Å². The molecule has 0 aliphatic carbocycles. The van der Waals surface area contributed by atoms with Crippen LogP contribution >= 0.6 is 34.5 Å². The molecule has 0 aliphatic rings. The Bertz CT molecular complexity index is 987. The smallest absolute Gasteiger partial charge is 0.311 e. The molecule has 0 saturated carbocycles. The summed E-state index contributed by atoms with van der Waals surface area (Å²) < 4.78 is 0. The van der Waals surface area contributed by atoms with Gasteiger partial charge in [-0.05, 0) is 17.7 Å². The van der Waals surface area contributed by atoms with Gasteiger partial charge in [0.25, 0.3) is 0 Å². The molecule has 2 aromatic carbocycles. The van der Waals surface area contributed by atoms with Crippen LogP contribution in [0.5, 0.6) is 0 Å². The number of hydrogen-bond acceptors (Lipinski definition) is 4. The third-order valence-corrected chi connectivity index (χ3v) is 5.64. The topological polar surface area (TPSA) is 67.3 Å². The molecule has 3 rings (SSSR count). The zero-order valence-corrected chi connectivity index (χ0v) is 16.4. The molecule has 1 unspecified atom stereocenters. The van der Waals surface area contributed by atoms with Crippen molar-refractivity contribution in [1.29, 1.82) is 0 Å². The van der Waals surface area contributed by atoms with E-state index in [4.69, 9.17) is 23.2 Å². The fourth-order valence-corrected chi connectivity index (χ4v) is 4.14. The average molecular weight is 420 g/mol. The van der Waals surface area contributed by atoms with Crippen LogP contribution in [-0.4, -0.2) is 21.8 Å². The fraction of sp³-hybridized carbons (Fsp3) is 0.150. The summed E-state index contributed by atoms with van der Waals surface area (Å²) in [6.45, 7) is 0. The first-order valence-electron chi connectivity index (χ1n) is 8.14. The maximum atomic E-state index is 12.5. The first-order chi connectivity index (χ1) is 13.0. The monoisotopic (exact) mass is 419 g/mol. The molecule has 1 N–H and O–H groups in total. The molecule has 1 atom stereocenters. The molecule has 0 bridgehead atoms. The minimum Gasteiger partial charge on any atom is -0.481 e. The molecule has 1 aromatic heterocycles. The second kappa shape index (κ2) is 8.65. The number of halogens is 2. The predicted octanol–water partition coefficient (Wildman–Crippen LogP) is 5.49. The summed E-state index contributed by atoms with van der Waals surface area (Å²) in [4.78, 5) is 28.5. The predicted molar refractivity (Wildman–Crippen MR) is 108 cm³/mol. The van der Waals surface area contributed by atoms with Crippen LogP contribution in [0.3, 0.4) is 0 Å². The van der Waals surface area contributed by atoms with Crippen LogP contribution < -0.4 is 0 Å². The molecule has 7 heteroatoms. The van der Waals surface area contributed by atoms with Gasteiger partial charge in [0.1, 0.15) is 10.8 Å². The first kappa shape index (κ1) is 19.5. The van der Waals surface area contributed by atoms with Gasteiger partial charge in [-0.3, -0.25) is 9.59 Å². The molecule has 0 aliphatic heterocycles. The van der Waals surface area contributed by atoms with Crippen molar-refractivity contribution < 1.29 is 14.7 Å². The first-order valence-corrected chi connectivity index (χ1v) is 9.77. The number of benzene rings is 2. The van der Waals surface area contributed by atoms with Crippen molar-refractivity contribution in [3.63, 3.8) is 0 Å². The van der Waals surface area contributed by atoms with Crippen LogP contribution in [0.2, 0.25) is 10.0 Å². The van der Waals surface area contributed by atoms with Crippen molar-refractivity contribution >= 4 is 46.3 Å². The highest BCUT2D eigenvalue weighted by molar-refractivity contribution is 7.13. The van der Waals surface area contributed by atoms with Crippen molar-refractivity contribution in [2.75, 3.05) is 0 Å². The van der Waals surface area contributed by atoms with E-state index in [9.17, 15) is 14.7 Å². The van der Waals surface area contributed by atoms with E-state index in [1.54, 1.807) is 35.7 Å². The Morgan fingerprint density at radius 2 is 1.70 bits per heavy atom.